The van der Waals surface area contributed by atoms with Gasteiger partial charge in [-0.05, 0) is 129 Å². The van der Waals surface area contributed by atoms with E-state index in [1.165, 1.54) is 11.1 Å². The first kappa shape index (κ1) is 39.9. The van der Waals surface area contributed by atoms with Crippen LogP contribution >= 0.6 is 0 Å². The molecule has 3 aromatic carbocycles. The maximum atomic E-state index is 11.5. The van der Waals surface area contributed by atoms with Gasteiger partial charge in [0.15, 0.2) is 6.29 Å². The molecule has 276 valence electrons. The molecule has 0 aliphatic heterocycles. The minimum absolute atomic E-state index is 0.257. The quantitative estimate of drug-likeness (QED) is 0.0253. The first-order chi connectivity index (χ1) is 25.3. The Bertz CT molecular complexity index is 1670. The van der Waals surface area contributed by atoms with E-state index in [4.69, 9.17) is 23.7 Å². The summed E-state index contributed by atoms with van der Waals surface area (Å²) in [5.41, 5.74) is 6.54. The van der Waals surface area contributed by atoms with Gasteiger partial charge in [0.2, 0.25) is 0 Å². The number of carbonyl (C=O) groups is 1. The molecule has 0 aliphatic carbocycles. The lowest BCUT2D eigenvalue weighted by atomic mass is 9.95. The molecule has 1 N–H and O–H groups in total. The lowest BCUT2D eigenvalue weighted by molar-refractivity contribution is -0.139. The van der Waals surface area contributed by atoms with Gasteiger partial charge in [0.05, 0.1) is 33.0 Å². The molecule has 0 fully saturated rings. The summed E-state index contributed by atoms with van der Waals surface area (Å²) in [7, 11) is 0. The minimum atomic E-state index is -1.03. The van der Waals surface area contributed by atoms with Gasteiger partial charge < -0.3 is 28.8 Å². The van der Waals surface area contributed by atoms with Crippen molar-refractivity contribution in [1.82, 2.24) is 4.98 Å². The Morgan fingerprint density at radius 3 is 1.85 bits per heavy atom. The number of hydrogen-bond acceptors (Lipinski definition) is 8. The molecule has 0 spiro atoms. The second kappa shape index (κ2) is 22.1. The summed E-state index contributed by atoms with van der Waals surface area (Å²) in [6, 6.07) is 26.6. The third kappa shape index (κ3) is 14.4. The monoisotopic (exact) mass is 707 g/mol. The van der Waals surface area contributed by atoms with Gasteiger partial charge in [0.25, 0.3) is 0 Å². The lowest BCUT2D eigenvalue weighted by Crippen LogP contribution is -2.13. The highest BCUT2D eigenvalue weighted by molar-refractivity contribution is 5.86. The molecular formula is C44H53NO7. The van der Waals surface area contributed by atoms with Gasteiger partial charge in [-0.2, -0.15) is 0 Å². The summed E-state index contributed by atoms with van der Waals surface area (Å²) >= 11 is 0. The Morgan fingerprint density at radius 2 is 1.23 bits per heavy atom. The average Bonchev–Trinajstić information content (AvgIpc) is 3.16. The molecule has 4 rings (SSSR count). The summed E-state index contributed by atoms with van der Waals surface area (Å²) < 4.78 is 28.4. The van der Waals surface area contributed by atoms with Crippen LogP contribution in [0.4, 0.5) is 0 Å². The molecule has 1 aromatic heterocycles. The maximum absolute atomic E-state index is 11.5. The van der Waals surface area contributed by atoms with E-state index in [9.17, 15) is 9.90 Å². The van der Waals surface area contributed by atoms with Gasteiger partial charge in [0, 0.05) is 24.4 Å². The zero-order valence-electron chi connectivity index (χ0n) is 30.7. The van der Waals surface area contributed by atoms with E-state index < -0.39 is 6.29 Å². The molecule has 0 aliphatic rings. The van der Waals surface area contributed by atoms with Crippen LogP contribution in [0, 0.1) is 0 Å². The van der Waals surface area contributed by atoms with Gasteiger partial charge in [-0.15, -0.1) is 0 Å². The fourth-order valence-corrected chi connectivity index (χ4v) is 5.39. The maximum Gasteiger partial charge on any atom is 0.333 e. The van der Waals surface area contributed by atoms with Crippen LogP contribution in [0.2, 0.25) is 0 Å². The fraction of sp³-hybridized carbons (Fsp3) is 0.364. The molecule has 1 unspecified atom stereocenters. The number of ether oxygens (including phenoxy) is 5. The summed E-state index contributed by atoms with van der Waals surface area (Å²) in [4.78, 5) is 15.5. The normalized spacial score (nSPS) is 11.4. The molecule has 0 bridgehead atoms. The second-order valence-electron chi connectivity index (χ2n) is 12.9. The van der Waals surface area contributed by atoms with Gasteiger partial charge >= 0.3 is 5.97 Å². The Labute approximate surface area is 309 Å². The molecule has 1 heterocycles. The lowest BCUT2D eigenvalue weighted by Gasteiger charge is -2.16. The highest BCUT2D eigenvalue weighted by Crippen LogP contribution is 2.29. The number of aliphatic hydroxyl groups excluding tert-OH is 1. The number of aromatic nitrogens is 1. The smallest absolute Gasteiger partial charge is 0.333 e. The molecule has 52 heavy (non-hydrogen) atoms. The van der Waals surface area contributed by atoms with Crippen molar-refractivity contribution in [1.29, 1.82) is 0 Å². The van der Waals surface area contributed by atoms with Gasteiger partial charge in [-0.3, -0.25) is 4.98 Å². The molecule has 8 nitrogen and oxygen atoms in total. The van der Waals surface area contributed by atoms with E-state index in [1.807, 2.05) is 36.4 Å². The van der Waals surface area contributed by atoms with Crippen LogP contribution in [0.15, 0.2) is 116 Å². The van der Waals surface area contributed by atoms with Crippen LogP contribution in [-0.4, -0.2) is 48.8 Å². The zero-order valence-corrected chi connectivity index (χ0v) is 30.7. The molecule has 4 aromatic rings. The standard InChI is InChI=1S/C44H53NO7/c1-33(2)43(46)51-30-10-29-50-40-20-16-37(17-21-40)42-22-15-36(31-38(42)32-52-44(47)34(3)4)12-7-6-11-35-13-18-39(19-14-35)48-27-8-5-9-28-49-41-23-25-45-26-24-41/h13-26,31,44,47H,1,3,5-12,27-30,32H2,2,4H3. The van der Waals surface area contributed by atoms with Gasteiger partial charge in [0.1, 0.15) is 17.2 Å². The molecule has 0 saturated heterocycles. The Morgan fingerprint density at radius 1 is 0.673 bits per heavy atom. The molecule has 0 saturated carbocycles. The van der Waals surface area contributed by atoms with Crippen LogP contribution in [0.5, 0.6) is 17.2 Å². The first-order valence-corrected chi connectivity index (χ1v) is 18.2. The number of nitrogens with zero attached hydrogens (tertiary/aromatic N) is 1. The van der Waals surface area contributed by atoms with Crippen molar-refractivity contribution in [2.24, 2.45) is 0 Å². The van der Waals surface area contributed by atoms with Crippen molar-refractivity contribution in [3.05, 3.63) is 132 Å². The number of aliphatic hydroxyl groups is 1. The third-order valence-electron chi connectivity index (χ3n) is 8.37. The van der Waals surface area contributed by atoms with Crippen molar-refractivity contribution in [3.8, 4) is 28.4 Å². The van der Waals surface area contributed by atoms with Gasteiger partial charge in [-0.1, -0.05) is 55.6 Å². The number of esters is 1. The van der Waals surface area contributed by atoms with Crippen LogP contribution in [-0.2, 0) is 33.7 Å². The predicted molar refractivity (Wildman–Crippen MR) is 206 cm³/mol. The molecule has 0 radical (unpaired) electrons. The van der Waals surface area contributed by atoms with E-state index in [0.29, 0.717) is 37.4 Å². The van der Waals surface area contributed by atoms with Crippen molar-refractivity contribution in [2.45, 2.75) is 78.1 Å². The fourth-order valence-electron chi connectivity index (χ4n) is 5.39. The van der Waals surface area contributed by atoms with Crippen molar-refractivity contribution in [2.75, 3.05) is 26.4 Å². The summed E-state index contributed by atoms with van der Waals surface area (Å²) in [6.45, 7) is 13.1. The molecule has 8 heteroatoms. The highest BCUT2D eigenvalue weighted by Gasteiger charge is 2.12. The number of pyridine rings is 1. The Kier molecular flexibility index (Phi) is 16.9. The Balaban J connectivity index is 1.20. The summed E-state index contributed by atoms with van der Waals surface area (Å²) in [5.74, 6) is 2.11. The number of hydrogen-bond donors (Lipinski definition) is 1. The van der Waals surface area contributed by atoms with Crippen molar-refractivity contribution < 1.29 is 33.6 Å². The van der Waals surface area contributed by atoms with Gasteiger partial charge in [-0.25, -0.2) is 4.79 Å². The van der Waals surface area contributed by atoms with Crippen LogP contribution in [0.1, 0.15) is 69.1 Å². The second-order valence-corrected chi connectivity index (χ2v) is 12.9. The van der Waals surface area contributed by atoms with Crippen LogP contribution < -0.4 is 14.2 Å². The molecule has 0 amide bonds. The number of carbonyl (C=O) groups excluding carboxylic acids is 1. The number of unbranched alkanes of at least 4 members (excludes halogenated alkanes) is 3. The van der Waals surface area contributed by atoms with E-state index in [0.717, 1.165) is 78.9 Å². The van der Waals surface area contributed by atoms with Crippen molar-refractivity contribution >= 4 is 5.97 Å². The van der Waals surface area contributed by atoms with E-state index in [-0.39, 0.29) is 19.2 Å². The average molecular weight is 708 g/mol. The van der Waals surface area contributed by atoms with Crippen LogP contribution in [0.3, 0.4) is 0 Å². The number of rotatable bonds is 24. The molecule has 1 atom stereocenters. The largest absolute Gasteiger partial charge is 0.494 e. The SMILES string of the molecule is C=C(C)C(=O)OCCCOc1ccc(-c2ccc(CCCCc3ccc(OCCCCCOc4ccncc4)cc3)cc2COC(O)C(=C)C)cc1. The summed E-state index contributed by atoms with van der Waals surface area (Å²) in [6.07, 6.45) is 10.1. The predicted octanol–water partition coefficient (Wildman–Crippen LogP) is 9.24. The van der Waals surface area contributed by atoms with E-state index in [1.54, 1.807) is 26.2 Å². The topological polar surface area (TPSA) is 96.3 Å². The van der Waals surface area contributed by atoms with Crippen molar-refractivity contribution in [3.63, 3.8) is 0 Å². The number of benzene rings is 3. The number of aryl methyl sites for hydroxylation is 2. The molecular weight excluding hydrogens is 654 g/mol. The Hall–Kier alpha value is -4.92. The van der Waals surface area contributed by atoms with E-state index in [2.05, 4.69) is 60.6 Å². The third-order valence-corrected chi connectivity index (χ3v) is 8.37. The van der Waals surface area contributed by atoms with E-state index >= 15 is 0 Å². The zero-order chi connectivity index (χ0) is 37.0. The summed E-state index contributed by atoms with van der Waals surface area (Å²) in [5, 5.41) is 10.3. The first-order valence-electron chi connectivity index (χ1n) is 18.2. The van der Waals surface area contributed by atoms with Crippen LogP contribution in [0.25, 0.3) is 11.1 Å². The minimum Gasteiger partial charge on any atom is -0.494 e. The highest BCUT2D eigenvalue weighted by atomic mass is 16.6.